The number of carbonyl (C=O) groups is 2. The zero-order valence-electron chi connectivity index (χ0n) is 13.5. The molecule has 3 rings (SSSR count). The molecule has 1 atom stereocenters. The fourth-order valence-electron chi connectivity index (χ4n) is 2.88. The van der Waals surface area contributed by atoms with Gasteiger partial charge >= 0.3 is 0 Å². The lowest BCUT2D eigenvalue weighted by atomic mass is 10.1. The number of hydrogen-bond acceptors (Lipinski definition) is 2. The van der Waals surface area contributed by atoms with Gasteiger partial charge in [0, 0.05) is 29.2 Å². The van der Waals surface area contributed by atoms with E-state index in [1.165, 1.54) is 0 Å². The van der Waals surface area contributed by atoms with E-state index in [-0.39, 0.29) is 17.9 Å². The standard InChI is InChI=1S/C19H19ClN2O2/c1-13(14-5-2-7-16(20)11-14)21-19(24)15-6-3-8-17(12-15)22-10-4-9-18(22)23/h2-3,5-8,11-13H,4,9-10H2,1H3,(H,21,24)/t13-/m1/s1. The average molecular weight is 343 g/mol. The number of carbonyl (C=O) groups excluding carboxylic acids is 2. The van der Waals surface area contributed by atoms with Crippen molar-refractivity contribution in [3.63, 3.8) is 0 Å². The molecule has 1 saturated heterocycles. The van der Waals surface area contributed by atoms with Gasteiger partial charge in [-0.3, -0.25) is 9.59 Å². The van der Waals surface area contributed by atoms with Gasteiger partial charge in [0.05, 0.1) is 6.04 Å². The third-order valence-corrected chi connectivity index (χ3v) is 4.42. The Hall–Kier alpha value is -2.33. The maximum Gasteiger partial charge on any atom is 0.251 e. The Bertz CT molecular complexity index is 775. The van der Waals surface area contributed by atoms with E-state index >= 15 is 0 Å². The van der Waals surface area contributed by atoms with Gasteiger partial charge < -0.3 is 10.2 Å². The van der Waals surface area contributed by atoms with E-state index in [9.17, 15) is 9.59 Å². The Kier molecular flexibility index (Phi) is 4.86. The number of halogens is 1. The highest BCUT2D eigenvalue weighted by Crippen LogP contribution is 2.23. The molecular formula is C19H19ClN2O2. The van der Waals surface area contributed by atoms with Crippen LogP contribution in [0.15, 0.2) is 48.5 Å². The summed E-state index contributed by atoms with van der Waals surface area (Å²) < 4.78 is 0. The van der Waals surface area contributed by atoms with Crippen molar-refractivity contribution < 1.29 is 9.59 Å². The molecule has 124 valence electrons. The van der Waals surface area contributed by atoms with Crippen molar-refractivity contribution in [3.8, 4) is 0 Å². The third kappa shape index (κ3) is 3.60. The number of benzene rings is 2. The molecule has 0 radical (unpaired) electrons. The molecular weight excluding hydrogens is 324 g/mol. The molecule has 1 N–H and O–H groups in total. The van der Waals surface area contributed by atoms with Gasteiger partial charge in [0.15, 0.2) is 0 Å². The van der Waals surface area contributed by atoms with Crippen LogP contribution in [-0.4, -0.2) is 18.4 Å². The van der Waals surface area contributed by atoms with E-state index in [4.69, 9.17) is 11.6 Å². The maximum atomic E-state index is 12.5. The minimum Gasteiger partial charge on any atom is -0.346 e. The second-order valence-corrected chi connectivity index (χ2v) is 6.39. The number of amides is 2. The molecule has 2 amide bonds. The Morgan fingerprint density at radius 3 is 2.71 bits per heavy atom. The summed E-state index contributed by atoms with van der Waals surface area (Å²) in [4.78, 5) is 26.1. The van der Waals surface area contributed by atoms with E-state index in [2.05, 4.69) is 5.32 Å². The molecule has 0 spiro atoms. The van der Waals surface area contributed by atoms with Crippen LogP contribution < -0.4 is 10.2 Å². The van der Waals surface area contributed by atoms with Crippen molar-refractivity contribution in [3.05, 3.63) is 64.7 Å². The van der Waals surface area contributed by atoms with Gasteiger partial charge in [-0.25, -0.2) is 0 Å². The number of hydrogen-bond donors (Lipinski definition) is 1. The molecule has 0 aromatic heterocycles. The Labute approximate surface area is 146 Å². The fraction of sp³-hybridized carbons (Fsp3) is 0.263. The van der Waals surface area contributed by atoms with Crippen LogP contribution in [0, 0.1) is 0 Å². The first kappa shape index (κ1) is 16.5. The molecule has 5 heteroatoms. The van der Waals surface area contributed by atoms with Crippen molar-refractivity contribution in [1.82, 2.24) is 5.32 Å². The Morgan fingerprint density at radius 1 is 1.21 bits per heavy atom. The first-order valence-electron chi connectivity index (χ1n) is 8.01. The van der Waals surface area contributed by atoms with Crippen LogP contribution in [-0.2, 0) is 4.79 Å². The Morgan fingerprint density at radius 2 is 2.00 bits per heavy atom. The van der Waals surface area contributed by atoms with Crippen LogP contribution in [0.2, 0.25) is 5.02 Å². The summed E-state index contributed by atoms with van der Waals surface area (Å²) in [6.45, 7) is 2.63. The Balaban J connectivity index is 1.74. The van der Waals surface area contributed by atoms with E-state index in [0.29, 0.717) is 23.6 Å². The predicted molar refractivity (Wildman–Crippen MR) is 95.4 cm³/mol. The summed E-state index contributed by atoms with van der Waals surface area (Å²) in [6, 6.07) is 14.5. The number of anilines is 1. The molecule has 4 nitrogen and oxygen atoms in total. The van der Waals surface area contributed by atoms with Crippen molar-refractivity contribution in [1.29, 1.82) is 0 Å². The zero-order chi connectivity index (χ0) is 17.1. The first-order valence-corrected chi connectivity index (χ1v) is 8.39. The summed E-state index contributed by atoms with van der Waals surface area (Å²) in [6.07, 6.45) is 1.43. The molecule has 0 bridgehead atoms. The summed E-state index contributed by atoms with van der Waals surface area (Å²) in [5.74, 6) is -0.0594. The molecule has 0 saturated carbocycles. The molecule has 1 heterocycles. The zero-order valence-corrected chi connectivity index (χ0v) is 14.2. The molecule has 0 aliphatic carbocycles. The van der Waals surface area contributed by atoms with Gasteiger partial charge in [0.25, 0.3) is 5.91 Å². The second kappa shape index (κ2) is 7.05. The summed E-state index contributed by atoms with van der Waals surface area (Å²) in [5.41, 5.74) is 2.27. The monoisotopic (exact) mass is 342 g/mol. The summed E-state index contributed by atoms with van der Waals surface area (Å²) in [5, 5.41) is 3.61. The molecule has 24 heavy (non-hydrogen) atoms. The smallest absolute Gasteiger partial charge is 0.251 e. The van der Waals surface area contributed by atoms with Crippen LogP contribution in [0.4, 0.5) is 5.69 Å². The average Bonchev–Trinajstić information content (AvgIpc) is 3.01. The van der Waals surface area contributed by atoms with E-state index in [0.717, 1.165) is 17.7 Å². The van der Waals surface area contributed by atoms with Gasteiger partial charge in [0.1, 0.15) is 0 Å². The van der Waals surface area contributed by atoms with Gasteiger partial charge in [-0.15, -0.1) is 0 Å². The third-order valence-electron chi connectivity index (χ3n) is 4.19. The lowest BCUT2D eigenvalue weighted by Crippen LogP contribution is -2.27. The highest BCUT2D eigenvalue weighted by atomic mass is 35.5. The van der Waals surface area contributed by atoms with Gasteiger partial charge in [-0.05, 0) is 49.2 Å². The largest absolute Gasteiger partial charge is 0.346 e. The van der Waals surface area contributed by atoms with Gasteiger partial charge in [-0.1, -0.05) is 29.8 Å². The van der Waals surface area contributed by atoms with E-state index < -0.39 is 0 Å². The summed E-state index contributed by atoms with van der Waals surface area (Å²) >= 11 is 6.00. The van der Waals surface area contributed by atoms with Crippen molar-refractivity contribution in [2.75, 3.05) is 11.4 Å². The lowest BCUT2D eigenvalue weighted by Gasteiger charge is -2.18. The fourth-order valence-corrected chi connectivity index (χ4v) is 3.07. The van der Waals surface area contributed by atoms with Gasteiger partial charge in [-0.2, -0.15) is 0 Å². The maximum absolute atomic E-state index is 12.5. The van der Waals surface area contributed by atoms with Crippen LogP contribution in [0.25, 0.3) is 0 Å². The molecule has 1 aliphatic heterocycles. The van der Waals surface area contributed by atoms with Crippen molar-refractivity contribution in [2.45, 2.75) is 25.8 Å². The van der Waals surface area contributed by atoms with Crippen LogP contribution in [0.1, 0.15) is 41.7 Å². The number of nitrogens with one attached hydrogen (secondary N) is 1. The topological polar surface area (TPSA) is 49.4 Å². The number of nitrogens with zero attached hydrogens (tertiary/aromatic N) is 1. The molecule has 1 aliphatic rings. The minimum atomic E-state index is -0.170. The predicted octanol–water partition coefficient (Wildman–Crippen LogP) is 3.96. The van der Waals surface area contributed by atoms with Crippen molar-refractivity contribution >= 4 is 29.1 Å². The van der Waals surface area contributed by atoms with Crippen LogP contribution in [0.3, 0.4) is 0 Å². The quantitative estimate of drug-likeness (QED) is 0.914. The molecule has 1 fully saturated rings. The summed E-state index contributed by atoms with van der Waals surface area (Å²) in [7, 11) is 0. The molecule has 2 aromatic carbocycles. The minimum absolute atomic E-state index is 0.111. The highest BCUT2D eigenvalue weighted by Gasteiger charge is 2.22. The lowest BCUT2D eigenvalue weighted by molar-refractivity contribution is -0.117. The molecule has 0 unspecified atom stereocenters. The van der Waals surface area contributed by atoms with Crippen molar-refractivity contribution in [2.24, 2.45) is 0 Å². The SMILES string of the molecule is C[C@@H](NC(=O)c1cccc(N2CCCC2=O)c1)c1cccc(Cl)c1. The van der Waals surface area contributed by atoms with Crippen LogP contribution >= 0.6 is 11.6 Å². The normalized spacial score (nSPS) is 15.4. The molecule has 2 aromatic rings. The number of rotatable bonds is 4. The van der Waals surface area contributed by atoms with E-state index in [1.54, 1.807) is 29.2 Å². The highest BCUT2D eigenvalue weighted by molar-refractivity contribution is 6.30. The van der Waals surface area contributed by atoms with Crippen LogP contribution in [0.5, 0.6) is 0 Å². The first-order chi connectivity index (χ1) is 11.5. The second-order valence-electron chi connectivity index (χ2n) is 5.95. The van der Waals surface area contributed by atoms with Gasteiger partial charge in [0.2, 0.25) is 5.91 Å². The van der Waals surface area contributed by atoms with E-state index in [1.807, 2.05) is 31.2 Å².